The molecular formula is C29H29N3O3S. The zero-order chi connectivity index (χ0) is 25.8. The Hall–Kier alpha value is -3.58. The first kappa shape index (κ1) is 24.1. The summed E-state index contributed by atoms with van der Waals surface area (Å²) >= 11 is 1.32. The van der Waals surface area contributed by atoms with E-state index in [-0.39, 0.29) is 30.0 Å². The maximum atomic E-state index is 14.2. The lowest BCUT2D eigenvalue weighted by atomic mass is 10.0. The maximum absolute atomic E-state index is 14.2. The van der Waals surface area contributed by atoms with Crippen LogP contribution in [0.5, 0.6) is 0 Å². The Labute approximate surface area is 215 Å². The van der Waals surface area contributed by atoms with E-state index >= 15 is 0 Å². The predicted octanol–water partition coefficient (Wildman–Crippen LogP) is 5.15. The van der Waals surface area contributed by atoms with Crippen LogP contribution in [0.15, 0.2) is 54.6 Å². The lowest BCUT2D eigenvalue weighted by Crippen LogP contribution is -2.51. The maximum Gasteiger partial charge on any atom is 0.269 e. The van der Waals surface area contributed by atoms with Crippen molar-refractivity contribution >= 4 is 46.5 Å². The zero-order valence-electron chi connectivity index (χ0n) is 21.1. The first-order valence-electron chi connectivity index (χ1n) is 12.0. The Balaban J connectivity index is 1.53. The number of nitrogens with zero attached hydrogens (tertiary/aromatic N) is 2. The van der Waals surface area contributed by atoms with Crippen LogP contribution >= 0.6 is 11.8 Å². The normalized spacial score (nSPS) is 18.8. The molecule has 2 aliphatic heterocycles. The number of rotatable bonds is 4. The van der Waals surface area contributed by atoms with Crippen LogP contribution in [0.1, 0.15) is 33.4 Å². The van der Waals surface area contributed by atoms with E-state index in [4.69, 9.17) is 0 Å². The van der Waals surface area contributed by atoms with Gasteiger partial charge in [-0.15, -0.1) is 11.8 Å². The van der Waals surface area contributed by atoms with E-state index in [0.29, 0.717) is 11.4 Å². The molecule has 0 aromatic heterocycles. The molecule has 36 heavy (non-hydrogen) atoms. The number of amides is 3. The number of nitrogens with one attached hydrogen (secondary N) is 1. The number of fused-ring (bicyclic) bond motifs is 2. The Morgan fingerprint density at radius 2 is 1.53 bits per heavy atom. The smallest absolute Gasteiger partial charge is 0.269 e. The van der Waals surface area contributed by atoms with Crippen LogP contribution in [0.3, 0.4) is 0 Å². The van der Waals surface area contributed by atoms with Crippen molar-refractivity contribution in [2.45, 2.75) is 39.5 Å². The Morgan fingerprint density at radius 3 is 2.19 bits per heavy atom. The van der Waals surface area contributed by atoms with E-state index in [1.54, 1.807) is 4.90 Å². The number of anilines is 3. The van der Waals surface area contributed by atoms with Gasteiger partial charge in [-0.25, -0.2) is 0 Å². The van der Waals surface area contributed by atoms with Crippen molar-refractivity contribution in [3.8, 4) is 0 Å². The van der Waals surface area contributed by atoms with Gasteiger partial charge in [-0.2, -0.15) is 0 Å². The van der Waals surface area contributed by atoms with E-state index in [9.17, 15) is 14.4 Å². The fraction of sp³-hybridized carbons (Fsp3) is 0.276. The molecule has 6 nitrogen and oxygen atoms in total. The summed E-state index contributed by atoms with van der Waals surface area (Å²) in [6.07, 6.45) is 0. The fourth-order valence-corrected chi connectivity index (χ4v) is 6.85. The number of carbonyl (C=O) groups is 3. The monoisotopic (exact) mass is 499 g/mol. The standard InChI is InChI=1S/C29H29N3O3S/c1-17-10-18(2)14-22(13-17)32-26(34)16-36-29(32)23-8-6-7-9-24(23)31(28(29)35)15-25(33)30-27-20(4)11-19(3)12-21(27)5/h6-14H,15-16H2,1-5H3,(H,30,33). The van der Waals surface area contributed by atoms with Crippen molar-refractivity contribution in [2.75, 3.05) is 27.4 Å². The van der Waals surface area contributed by atoms with E-state index in [1.165, 1.54) is 16.7 Å². The van der Waals surface area contributed by atoms with Crippen LogP contribution in [0.2, 0.25) is 0 Å². The number of thioether (sulfide) groups is 1. The minimum absolute atomic E-state index is 0.120. The molecule has 1 N–H and O–H groups in total. The van der Waals surface area contributed by atoms with Gasteiger partial charge < -0.3 is 5.32 Å². The predicted molar refractivity (Wildman–Crippen MR) is 146 cm³/mol. The lowest BCUT2D eigenvalue weighted by molar-refractivity contribution is -0.124. The molecule has 2 heterocycles. The summed E-state index contributed by atoms with van der Waals surface area (Å²) in [5, 5.41) is 3.01. The molecule has 1 saturated heterocycles. The molecule has 1 spiro atoms. The summed E-state index contributed by atoms with van der Waals surface area (Å²) < 4.78 is 0. The summed E-state index contributed by atoms with van der Waals surface area (Å²) in [6.45, 7) is 9.76. The van der Waals surface area contributed by atoms with Crippen LogP contribution in [-0.4, -0.2) is 30.0 Å². The molecule has 5 rings (SSSR count). The van der Waals surface area contributed by atoms with Crippen molar-refractivity contribution in [1.82, 2.24) is 0 Å². The second-order valence-electron chi connectivity index (χ2n) is 9.74. The molecule has 1 atom stereocenters. The van der Waals surface area contributed by atoms with Crippen molar-refractivity contribution in [3.05, 3.63) is 88.0 Å². The molecule has 2 aliphatic rings. The van der Waals surface area contributed by atoms with Crippen molar-refractivity contribution in [1.29, 1.82) is 0 Å². The van der Waals surface area contributed by atoms with Gasteiger partial charge in [-0.1, -0.05) is 42.0 Å². The Kier molecular flexibility index (Phi) is 5.91. The number of para-hydroxylation sites is 1. The van der Waals surface area contributed by atoms with Gasteiger partial charge in [0.1, 0.15) is 6.54 Å². The summed E-state index contributed by atoms with van der Waals surface area (Å²) in [7, 11) is 0. The second-order valence-corrected chi connectivity index (χ2v) is 10.9. The van der Waals surface area contributed by atoms with Crippen molar-refractivity contribution in [2.24, 2.45) is 0 Å². The Bertz CT molecular complexity index is 1390. The minimum atomic E-state index is -1.23. The molecule has 0 aliphatic carbocycles. The lowest BCUT2D eigenvalue weighted by Gasteiger charge is -2.33. The first-order chi connectivity index (χ1) is 17.1. The number of hydrogen-bond acceptors (Lipinski definition) is 4. The third kappa shape index (κ3) is 3.78. The van der Waals surface area contributed by atoms with Gasteiger partial charge in [-0.3, -0.25) is 24.2 Å². The quantitative estimate of drug-likeness (QED) is 0.539. The van der Waals surface area contributed by atoms with Crippen molar-refractivity contribution < 1.29 is 14.4 Å². The zero-order valence-corrected chi connectivity index (χ0v) is 22.0. The summed E-state index contributed by atoms with van der Waals surface area (Å²) in [6, 6.07) is 17.4. The van der Waals surface area contributed by atoms with Gasteiger partial charge in [0.2, 0.25) is 16.7 Å². The molecule has 0 bridgehead atoms. The highest BCUT2D eigenvalue weighted by Crippen LogP contribution is 2.55. The topological polar surface area (TPSA) is 69.7 Å². The van der Waals surface area contributed by atoms with Gasteiger partial charge in [0.15, 0.2) is 0 Å². The second kappa shape index (κ2) is 8.82. The molecule has 7 heteroatoms. The average Bonchev–Trinajstić information content (AvgIpc) is 3.26. The van der Waals surface area contributed by atoms with E-state index < -0.39 is 4.87 Å². The fourth-order valence-electron chi connectivity index (χ4n) is 5.49. The molecule has 3 amide bonds. The van der Waals surface area contributed by atoms with Gasteiger partial charge in [0.05, 0.1) is 11.4 Å². The van der Waals surface area contributed by atoms with Crippen LogP contribution in [0.25, 0.3) is 0 Å². The van der Waals surface area contributed by atoms with E-state index in [1.807, 2.05) is 89.2 Å². The largest absolute Gasteiger partial charge is 0.324 e. The van der Waals surface area contributed by atoms with Crippen LogP contribution in [0.4, 0.5) is 17.1 Å². The highest BCUT2D eigenvalue weighted by molar-refractivity contribution is 8.02. The van der Waals surface area contributed by atoms with Gasteiger partial charge >= 0.3 is 0 Å². The van der Waals surface area contributed by atoms with Gasteiger partial charge in [-0.05, 0) is 75.1 Å². The van der Waals surface area contributed by atoms with E-state index in [2.05, 4.69) is 5.32 Å². The third-order valence-electron chi connectivity index (χ3n) is 6.77. The van der Waals surface area contributed by atoms with Crippen molar-refractivity contribution in [3.63, 3.8) is 0 Å². The third-order valence-corrected chi connectivity index (χ3v) is 8.16. The molecule has 3 aromatic rings. The van der Waals surface area contributed by atoms with Crippen LogP contribution < -0.4 is 15.1 Å². The molecule has 1 fully saturated rings. The molecular weight excluding hydrogens is 470 g/mol. The highest BCUT2D eigenvalue weighted by atomic mass is 32.2. The molecule has 184 valence electrons. The average molecular weight is 500 g/mol. The molecule has 0 saturated carbocycles. The van der Waals surface area contributed by atoms with Crippen LogP contribution in [0, 0.1) is 34.6 Å². The molecule has 1 unspecified atom stereocenters. The molecule has 3 aromatic carbocycles. The molecule has 0 radical (unpaired) electrons. The van der Waals surface area contributed by atoms with Gasteiger partial charge in [0.25, 0.3) is 5.91 Å². The number of aryl methyl sites for hydroxylation is 5. The highest BCUT2D eigenvalue weighted by Gasteiger charge is 2.61. The first-order valence-corrected chi connectivity index (χ1v) is 12.9. The summed E-state index contributed by atoms with van der Waals surface area (Å²) in [5.74, 6) is -0.483. The SMILES string of the molecule is Cc1cc(C)cc(N2C(=O)CSC23C(=O)N(CC(=O)Nc2c(C)cc(C)cc2C)c2ccccc23)c1. The summed E-state index contributed by atoms with van der Waals surface area (Å²) in [4.78, 5) is 42.6. The number of carbonyl (C=O) groups excluding carboxylic acids is 3. The van der Waals surface area contributed by atoms with E-state index in [0.717, 1.165) is 39.1 Å². The van der Waals surface area contributed by atoms with Gasteiger partial charge in [0, 0.05) is 16.9 Å². The minimum Gasteiger partial charge on any atom is -0.324 e. The Morgan fingerprint density at radius 1 is 0.917 bits per heavy atom. The number of hydrogen-bond donors (Lipinski definition) is 1. The summed E-state index contributed by atoms with van der Waals surface area (Å²) in [5.41, 5.74) is 7.97. The number of benzene rings is 3. The van der Waals surface area contributed by atoms with Crippen LogP contribution in [-0.2, 0) is 19.3 Å².